The third kappa shape index (κ3) is 6.79. The number of carbonyl (C=O) groups excluding carboxylic acids is 1. The molecule has 1 amide bonds. The Hall–Kier alpha value is -3.68. The van der Waals surface area contributed by atoms with Crippen LogP contribution in [0.3, 0.4) is 0 Å². The summed E-state index contributed by atoms with van der Waals surface area (Å²) >= 11 is 0. The quantitative estimate of drug-likeness (QED) is 0.271. The second-order valence-electron chi connectivity index (χ2n) is 9.70. The molecule has 3 N–H and O–H groups in total. The summed E-state index contributed by atoms with van der Waals surface area (Å²) in [6.07, 6.45) is -0.0406. The number of fused-ring (bicyclic) bond motifs is 1. The number of nitrogens with zero attached hydrogens (tertiary/aromatic N) is 1. The summed E-state index contributed by atoms with van der Waals surface area (Å²) in [6, 6.07) is 18.1. The highest BCUT2D eigenvalue weighted by atomic mass is 19.1. The van der Waals surface area contributed by atoms with E-state index >= 15 is 0 Å². The second-order valence-corrected chi connectivity index (χ2v) is 9.70. The zero-order chi connectivity index (χ0) is 27.2. The van der Waals surface area contributed by atoms with Gasteiger partial charge in [-0.25, -0.2) is 8.78 Å². The fourth-order valence-corrected chi connectivity index (χ4v) is 4.65. The standard InChI is InChI=1S/C31H33F2N3O2/c1-4-21-8-6-9-22(11-21)17-34-18-29(37)28(14-23-12-25(32)16-26(33)13-23)36-31(38)27-15-24-10-5-7-19(2)30(24)35-20(27)3/h5-13,15-16,28-29,34,37H,4,14,17-18H2,1-3H3,(H,36,38)/t28-,29-/m0/s1. The molecule has 38 heavy (non-hydrogen) atoms. The number of hydrogen-bond donors (Lipinski definition) is 3. The van der Waals surface area contributed by atoms with E-state index < -0.39 is 29.7 Å². The van der Waals surface area contributed by atoms with Gasteiger partial charge in [0.2, 0.25) is 0 Å². The van der Waals surface area contributed by atoms with Crippen LogP contribution in [0.2, 0.25) is 0 Å². The van der Waals surface area contributed by atoms with Gasteiger partial charge in [0.15, 0.2) is 0 Å². The number of carbonyl (C=O) groups is 1. The minimum atomic E-state index is -1.02. The number of aromatic nitrogens is 1. The van der Waals surface area contributed by atoms with Gasteiger partial charge in [-0.15, -0.1) is 0 Å². The maximum absolute atomic E-state index is 13.9. The predicted molar refractivity (Wildman–Crippen MR) is 146 cm³/mol. The number of aliphatic hydroxyl groups is 1. The fourth-order valence-electron chi connectivity index (χ4n) is 4.65. The van der Waals surface area contributed by atoms with Gasteiger partial charge in [0.1, 0.15) is 11.6 Å². The molecule has 0 radical (unpaired) electrons. The van der Waals surface area contributed by atoms with Crippen molar-refractivity contribution in [3.63, 3.8) is 0 Å². The summed E-state index contributed by atoms with van der Waals surface area (Å²) in [5, 5.41) is 18.0. The van der Waals surface area contributed by atoms with E-state index in [1.54, 1.807) is 13.0 Å². The number of para-hydroxylation sites is 1. The third-order valence-electron chi connectivity index (χ3n) is 6.72. The Bertz CT molecular complexity index is 1420. The second kappa shape index (κ2) is 12.2. The van der Waals surface area contributed by atoms with Gasteiger partial charge in [-0.1, -0.05) is 49.4 Å². The summed E-state index contributed by atoms with van der Waals surface area (Å²) in [7, 11) is 0. The zero-order valence-electron chi connectivity index (χ0n) is 21.9. The molecule has 1 heterocycles. The van der Waals surface area contributed by atoms with Crippen LogP contribution in [-0.2, 0) is 19.4 Å². The minimum Gasteiger partial charge on any atom is -0.390 e. The van der Waals surface area contributed by atoms with Crippen molar-refractivity contribution in [2.75, 3.05) is 6.54 Å². The normalized spacial score (nSPS) is 12.9. The van der Waals surface area contributed by atoms with E-state index in [1.807, 2.05) is 37.3 Å². The molecule has 3 aromatic carbocycles. The van der Waals surface area contributed by atoms with Crippen molar-refractivity contribution < 1.29 is 18.7 Å². The molecular weight excluding hydrogens is 484 g/mol. The van der Waals surface area contributed by atoms with Crippen molar-refractivity contribution in [3.05, 3.63) is 112 Å². The van der Waals surface area contributed by atoms with Crippen LogP contribution in [0.1, 0.15) is 45.2 Å². The van der Waals surface area contributed by atoms with Crippen molar-refractivity contribution in [1.82, 2.24) is 15.6 Å². The molecule has 0 aliphatic rings. The SMILES string of the molecule is CCc1cccc(CNC[C@H](O)[C@H](Cc2cc(F)cc(F)c2)NC(=O)c2cc3cccc(C)c3nc2C)c1. The third-order valence-corrected chi connectivity index (χ3v) is 6.72. The molecule has 198 valence electrons. The van der Waals surface area contributed by atoms with Gasteiger partial charge in [0.25, 0.3) is 5.91 Å². The van der Waals surface area contributed by atoms with E-state index in [9.17, 15) is 18.7 Å². The van der Waals surface area contributed by atoms with Crippen LogP contribution in [0.25, 0.3) is 10.9 Å². The highest BCUT2D eigenvalue weighted by Crippen LogP contribution is 2.20. The number of rotatable bonds is 10. The molecule has 5 nitrogen and oxygen atoms in total. The van der Waals surface area contributed by atoms with E-state index in [2.05, 4.69) is 34.7 Å². The summed E-state index contributed by atoms with van der Waals surface area (Å²) in [6.45, 7) is 6.53. The zero-order valence-corrected chi connectivity index (χ0v) is 21.9. The first-order chi connectivity index (χ1) is 18.2. The molecule has 0 aliphatic heterocycles. The number of amides is 1. The lowest BCUT2D eigenvalue weighted by Gasteiger charge is -2.25. The number of halogens is 2. The molecule has 0 spiro atoms. The molecule has 0 bridgehead atoms. The number of nitrogens with one attached hydrogen (secondary N) is 2. The van der Waals surface area contributed by atoms with Crippen molar-refractivity contribution in [3.8, 4) is 0 Å². The molecule has 7 heteroatoms. The average molecular weight is 518 g/mol. The van der Waals surface area contributed by atoms with E-state index in [0.717, 1.165) is 34.5 Å². The molecule has 4 rings (SSSR count). The molecule has 0 saturated heterocycles. The molecule has 4 aromatic rings. The molecule has 0 unspecified atom stereocenters. The Kier molecular flexibility index (Phi) is 8.81. The monoisotopic (exact) mass is 517 g/mol. The Labute approximate surface area is 221 Å². The van der Waals surface area contributed by atoms with Gasteiger partial charge in [-0.3, -0.25) is 9.78 Å². The van der Waals surface area contributed by atoms with Gasteiger partial charge in [-0.05, 0) is 67.1 Å². The molecule has 0 aliphatic carbocycles. The minimum absolute atomic E-state index is 0.0494. The van der Waals surface area contributed by atoms with E-state index in [4.69, 9.17) is 0 Å². The average Bonchev–Trinajstić information content (AvgIpc) is 2.88. The van der Waals surface area contributed by atoms with Gasteiger partial charge < -0.3 is 15.7 Å². The van der Waals surface area contributed by atoms with Crippen molar-refractivity contribution in [2.45, 2.75) is 52.3 Å². The van der Waals surface area contributed by atoms with E-state index in [-0.39, 0.29) is 13.0 Å². The largest absolute Gasteiger partial charge is 0.390 e. The molecule has 0 saturated carbocycles. The maximum Gasteiger partial charge on any atom is 0.253 e. The first kappa shape index (κ1) is 27.4. The summed E-state index contributed by atoms with van der Waals surface area (Å²) in [5.41, 5.74) is 5.42. The van der Waals surface area contributed by atoms with Gasteiger partial charge in [-0.2, -0.15) is 0 Å². The lowest BCUT2D eigenvalue weighted by atomic mass is 9.99. The number of hydrogen-bond acceptors (Lipinski definition) is 4. The smallest absolute Gasteiger partial charge is 0.253 e. The van der Waals surface area contributed by atoms with Crippen LogP contribution in [0.15, 0.2) is 66.7 Å². The summed E-state index contributed by atoms with van der Waals surface area (Å²) in [5.74, 6) is -1.83. The van der Waals surface area contributed by atoms with Crippen molar-refractivity contribution >= 4 is 16.8 Å². The molecule has 1 aromatic heterocycles. The van der Waals surface area contributed by atoms with Crippen LogP contribution >= 0.6 is 0 Å². The summed E-state index contributed by atoms with van der Waals surface area (Å²) < 4.78 is 27.8. The molecule has 0 fully saturated rings. The maximum atomic E-state index is 13.9. The fraction of sp³-hybridized carbons (Fsp3) is 0.290. The number of aryl methyl sites for hydroxylation is 3. The summed E-state index contributed by atoms with van der Waals surface area (Å²) in [4.78, 5) is 18.0. The van der Waals surface area contributed by atoms with Crippen LogP contribution in [0.4, 0.5) is 8.78 Å². The van der Waals surface area contributed by atoms with Gasteiger partial charge >= 0.3 is 0 Å². The van der Waals surface area contributed by atoms with Gasteiger partial charge in [0.05, 0.1) is 28.9 Å². The van der Waals surface area contributed by atoms with Crippen LogP contribution < -0.4 is 10.6 Å². The van der Waals surface area contributed by atoms with E-state index in [0.29, 0.717) is 23.4 Å². The lowest BCUT2D eigenvalue weighted by Crippen LogP contribution is -2.48. The Balaban J connectivity index is 1.53. The predicted octanol–water partition coefficient (Wildman–Crippen LogP) is 5.18. The van der Waals surface area contributed by atoms with Crippen LogP contribution in [0, 0.1) is 25.5 Å². The first-order valence-corrected chi connectivity index (χ1v) is 12.8. The highest BCUT2D eigenvalue weighted by Gasteiger charge is 2.24. The Morgan fingerprint density at radius 1 is 0.947 bits per heavy atom. The highest BCUT2D eigenvalue weighted by molar-refractivity contribution is 5.99. The topological polar surface area (TPSA) is 74.2 Å². The number of aliphatic hydroxyl groups excluding tert-OH is 1. The van der Waals surface area contributed by atoms with Crippen LogP contribution in [-0.4, -0.2) is 34.7 Å². The number of benzene rings is 3. The first-order valence-electron chi connectivity index (χ1n) is 12.8. The Morgan fingerprint density at radius 3 is 2.39 bits per heavy atom. The number of pyridine rings is 1. The van der Waals surface area contributed by atoms with Crippen molar-refractivity contribution in [2.24, 2.45) is 0 Å². The molecular formula is C31H33F2N3O2. The van der Waals surface area contributed by atoms with Crippen molar-refractivity contribution in [1.29, 1.82) is 0 Å². The van der Waals surface area contributed by atoms with Gasteiger partial charge in [0, 0.05) is 24.5 Å². The van der Waals surface area contributed by atoms with E-state index in [1.165, 1.54) is 17.7 Å². The molecule has 2 atom stereocenters. The lowest BCUT2D eigenvalue weighted by molar-refractivity contribution is 0.0829. The van der Waals surface area contributed by atoms with Crippen LogP contribution in [0.5, 0.6) is 0 Å². The Morgan fingerprint density at radius 2 is 1.66 bits per heavy atom.